The summed E-state index contributed by atoms with van der Waals surface area (Å²) in [4.78, 5) is 0. The Hall–Kier alpha value is -2.36. The van der Waals surface area contributed by atoms with Gasteiger partial charge in [-0.05, 0) is 81.5 Å². The van der Waals surface area contributed by atoms with Gasteiger partial charge in [-0.25, -0.2) is 0 Å². The van der Waals surface area contributed by atoms with Gasteiger partial charge in [-0.1, -0.05) is 0 Å². The van der Waals surface area contributed by atoms with Gasteiger partial charge in [0.1, 0.15) is 22.8 Å². The number of nitrogen functional groups attached to an aromatic ring is 1. The molecule has 0 aliphatic carbocycles. The molecule has 1 heterocycles. The summed E-state index contributed by atoms with van der Waals surface area (Å²) in [5.74, 6) is 1.88. The van der Waals surface area contributed by atoms with Crippen LogP contribution >= 0.6 is 0 Å². The molecule has 0 radical (unpaired) electrons. The van der Waals surface area contributed by atoms with Crippen molar-refractivity contribution < 1.29 is 14.6 Å². The lowest BCUT2D eigenvalue weighted by Crippen LogP contribution is -2.28. The molecule has 0 amide bonds. The van der Waals surface area contributed by atoms with Crippen LogP contribution in [0.5, 0.6) is 17.2 Å². The fourth-order valence-electron chi connectivity index (χ4n) is 3.17. The summed E-state index contributed by atoms with van der Waals surface area (Å²) in [7, 11) is 0. The molecule has 0 bridgehead atoms. The van der Waals surface area contributed by atoms with Gasteiger partial charge in [0.15, 0.2) is 0 Å². The van der Waals surface area contributed by atoms with E-state index < -0.39 is 5.60 Å². The van der Waals surface area contributed by atoms with Crippen LogP contribution in [-0.4, -0.2) is 11.7 Å². The highest BCUT2D eigenvalue weighted by Crippen LogP contribution is 2.41. The number of nitrogens with two attached hydrogens (primary N) is 1. The summed E-state index contributed by atoms with van der Waals surface area (Å²) in [6.45, 7) is 8.67. The molecule has 0 saturated carbocycles. The molecular formula is C20H25NO3. The van der Waals surface area contributed by atoms with Gasteiger partial charge in [-0.3, -0.25) is 0 Å². The fourth-order valence-corrected chi connectivity index (χ4v) is 3.17. The Bertz CT molecular complexity index is 781. The number of anilines is 1. The van der Waals surface area contributed by atoms with Crippen molar-refractivity contribution in [3.63, 3.8) is 0 Å². The van der Waals surface area contributed by atoms with Crippen LogP contribution in [0.2, 0.25) is 0 Å². The summed E-state index contributed by atoms with van der Waals surface area (Å²) >= 11 is 0. The average molecular weight is 327 g/mol. The highest BCUT2D eigenvalue weighted by atomic mass is 16.5. The fraction of sp³-hybridized carbons (Fsp3) is 0.400. The first-order valence-electron chi connectivity index (χ1n) is 8.33. The molecule has 3 N–H and O–H groups in total. The molecule has 0 atom stereocenters. The second kappa shape index (κ2) is 5.93. The minimum absolute atomic E-state index is 0.246. The molecule has 0 spiro atoms. The molecular weight excluding hydrogens is 302 g/mol. The number of hydrogen-bond acceptors (Lipinski definition) is 4. The molecule has 24 heavy (non-hydrogen) atoms. The van der Waals surface area contributed by atoms with Crippen LogP contribution < -0.4 is 15.2 Å². The van der Waals surface area contributed by atoms with Crippen molar-refractivity contribution in [3.8, 4) is 17.2 Å². The van der Waals surface area contributed by atoms with Gasteiger partial charge < -0.3 is 20.3 Å². The summed E-state index contributed by atoms with van der Waals surface area (Å²) in [6.07, 6.45) is 1.88. The third-order valence-corrected chi connectivity index (χ3v) is 4.78. The van der Waals surface area contributed by atoms with Crippen molar-refractivity contribution in [1.82, 2.24) is 0 Å². The molecule has 4 nitrogen and oxygen atoms in total. The van der Waals surface area contributed by atoms with E-state index in [2.05, 4.69) is 0 Å². The first-order chi connectivity index (χ1) is 11.3. The number of benzene rings is 2. The van der Waals surface area contributed by atoms with E-state index in [1.54, 1.807) is 12.1 Å². The molecule has 4 heteroatoms. The maximum absolute atomic E-state index is 10.1. The number of hydrogen-bond donors (Lipinski definition) is 2. The zero-order chi connectivity index (χ0) is 17.5. The zero-order valence-corrected chi connectivity index (χ0v) is 14.8. The third-order valence-electron chi connectivity index (χ3n) is 4.78. The van der Waals surface area contributed by atoms with Crippen molar-refractivity contribution in [3.05, 3.63) is 46.5 Å². The van der Waals surface area contributed by atoms with E-state index in [4.69, 9.17) is 15.2 Å². The molecule has 1 aliphatic heterocycles. The second-order valence-corrected chi connectivity index (χ2v) is 6.95. The monoisotopic (exact) mass is 327 g/mol. The van der Waals surface area contributed by atoms with E-state index in [0.717, 1.165) is 52.3 Å². The number of aryl methyl sites for hydroxylation is 1. The quantitative estimate of drug-likeness (QED) is 0.828. The van der Waals surface area contributed by atoms with Gasteiger partial charge in [0.05, 0.1) is 6.61 Å². The second-order valence-electron chi connectivity index (χ2n) is 6.95. The number of rotatable bonds is 3. The molecule has 0 aromatic heterocycles. The first kappa shape index (κ1) is 16.5. The average Bonchev–Trinajstić information content (AvgIpc) is 2.54. The number of aromatic hydroxyl groups is 1. The summed E-state index contributed by atoms with van der Waals surface area (Å²) < 4.78 is 12.2. The number of phenolic OH excluding ortho intramolecular Hbond substituents is 1. The van der Waals surface area contributed by atoms with Crippen molar-refractivity contribution in [2.24, 2.45) is 0 Å². The van der Waals surface area contributed by atoms with Crippen LogP contribution in [0.1, 0.15) is 42.5 Å². The predicted octanol–water partition coefficient (Wildman–Crippen LogP) is 4.23. The van der Waals surface area contributed by atoms with Crippen molar-refractivity contribution in [1.29, 1.82) is 0 Å². The molecule has 2 aromatic carbocycles. The molecule has 128 valence electrons. The molecule has 3 rings (SSSR count). The first-order valence-corrected chi connectivity index (χ1v) is 8.33. The van der Waals surface area contributed by atoms with Crippen molar-refractivity contribution in [2.75, 3.05) is 12.3 Å². The summed E-state index contributed by atoms with van der Waals surface area (Å²) in [5.41, 5.74) is 10.0. The maximum Gasteiger partial charge on any atom is 0.132 e. The molecule has 0 unspecified atom stereocenters. The summed E-state index contributed by atoms with van der Waals surface area (Å²) in [5, 5.41) is 10.1. The predicted molar refractivity (Wildman–Crippen MR) is 95.9 cm³/mol. The van der Waals surface area contributed by atoms with Crippen LogP contribution in [0.25, 0.3) is 0 Å². The Morgan fingerprint density at radius 2 is 1.92 bits per heavy atom. The van der Waals surface area contributed by atoms with E-state index >= 15 is 0 Å². The van der Waals surface area contributed by atoms with Crippen molar-refractivity contribution in [2.45, 2.75) is 46.1 Å². The number of ether oxygens (including phenoxy) is 2. The lowest BCUT2D eigenvalue weighted by molar-refractivity contribution is 0.102. The van der Waals surface area contributed by atoms with E-state index in [9.17, 15) is 5.11 Å². The van der Waals surface area contributed by atoms with Gasteiger partial charge in [0, 0.05) is 11.3 Å². The normalized spacial score (nSPS) is 14.0. The van der Waals surface area contributed by atoms with Gasteiger partial charge in [0.2, 0.25) is 0 Å². The SMILES string of the molecule is Cc1c(N)ccc(OC(C)(C)c2cc(O)cc3c2OCCC3)c1C. The Morgan fingerprint density at radius 3 is 2.67 bits per heavy atom. The lowest BCUT2D eigenvalue weighted by atomic mass is 9.91. The Balaban J connectivity index is 2.03. The Labute approximate surface area is 143 Å². The van der Waals surface area contributed by atoms with Crippen LogP contribution in [0.15, 0.2) is 24.3 Å². The van der Waals surface area contributed by atoms with Gasteiger partial charge in [-0.2, -0.15) is 0 Å². The molecule has 0 fully saturated rings. The van der Waals surface area contributed by atoms with Crippen LogP contribution in [0.4, 0.5) is 5.69 Å². The van der Waals surface area contributed by atoms with Crippen LogP contribution in [-0.2, 0) is 12.0 Å². The van der Waals surface area contributed by atoms with Crippen molar-refractivity contribution >= 4 is 5.69 Å². The highest BCUT2D eigenvalue weighted by Gasteiger charge is 2.31. The van der Waals surface area contributed by atoms with E-state index in [1.165, 1.54) is 0 Å². The van der Waals surface area contributed by atoms with E-state index in [1.807, 2.05) is 39.8 Å². The minimum Gasteiger partial charge on any atom is -0.508 e. The highest BCUT2D eigenvalue weighted by molar-refractivity contribution is 5.56. The standard InChI is InChI=1S/C20H25NO3/c1-12-13(2)18(8-7-17(12)21)24-20(3,4)16-11-15(22)10-14-6-5-9-23-19(14)16/h7-8,10-11,22H,5-6,9,21H2,1-4H3. The van der Waals surface area contributed by atoms with Crippen LogP contribution in [0, 0.1) is 13.8 Å². The van der Waals surface area contributed by atoms with Gasteiger partial charge in [-0.15, -0.1) is 0 Å². The Kier molecular flexibility index (Phi) is 4.08. The van der Waals surface area contributed by atoms with E-state index in [0.29, 0.717) is 6.61 Å². The minimum atomic E-state index is -0.645. The molecule has 2 aromatic rings. The third kappa shape index (κ3) is 2.88. The topological polar surface area (TPSA) is 64.7 Å². The van der Waals surface area contributed by atoms with Gasteiger partial charge >= 0.3 is 0 Å². The maximum atomic E-state index is 10.1. The van der Waals surface area contributed by atoms with E-state index in [-0.39, 0.29) is 5.75 Å². The lowest BCUT2D eigenvalue weighted by Gasteiger charge is -2.32. The molecule has 1 aliphatic rings. The van der Waals surface area contributed by atoms with Crippen LogP contribution in [0.3, 0.4) is 0 Å². The smallest absolute Gasteiger partial charge is 0.132 e. The molecule has 0 saturated heterocycles. The Morgan fingerprint density at radius 1 is 1.17 bits per heavy atom. The zero-order valence-electron chi connectivity index (χ0n) is 14.8. The number of phenols is 1. The summed E-state index contributed by atoms with van der Waals surface area (Å²) in [6, 6.07) is 7.29. The largest absolute Gasteiger partial charge is 0.508 e. The number of fused-ring (bicyclic) bond motifs is 1. The van der Waals surface area contributed by atoms with Gasteiger partial charge in [0.25, 0.3) is 0 Å².